The standard InChI is InChI=1S/C28H22ClN3O4/c29-21-11-7-20(8-12-21)18-31-25-6-2-1-5-24(25)27(34)32(28(31)35)22-13-9-19(10-14-22)16-26(33)30-17-23-4-3-15-36-23/h1-15H,16-18H2,(H,30,33). The van der Waals surface area contributed by atoms with Crippen LogP contribution in [0.4, 0.5) is 0 Å². The van der Waals surface area contributed by atoms with Gasteiger partial charge in [0.15, 0.2) is 0 Å². The molecule has 7 nitrogen and oxygen atoms in total. The molecule has 0 saturated carbocycles. The summed E-state index contributed by atoms with van der Waals surface area (Å²) in [4.78, 5) is 39.2. The Balaban J connectivity index is 1.46. The molecule has 180 valence electrons. The Morgan fingerprint density at radius 3 is 2.31 bits per heavy atom. The molecule has 1 N–H and O–H groups in total. The maximum atomic E-state index is 13.6. The summed E-state index contributed by atoms with van der Waals surface area (Å²) in [5, 5.41) is 3.85. The molecule has 8 heteroatoms. The van der Waals surface area contributed by atoms with Gasteiger partial charge in [-0.1, -0.05) is 48.0 Å². The summed E-state index contributed by atoms with van der Waals surface area (Å²) in [7, 11) is 0. The van der Waals surface area contributed by atoms with E-state index in [1.165, 1.54) is 4.57 Å². The van der Waals surface area contributed by atoms with Crippen LogP contribution in [0.1, 0.15) is 16.9 Å². The van der Waals surface area contributed by atoms with Gasteiger partial charge in [0, 0.05) is 5.02 Å². The van der Waals surface area contributed by atoms with E-state index in [-0.39, 0.29) is 18.9 Å². The van der Waals surface area contributed by atoms with Crippen molar-refractivity contribution in [1.29, 1.82) is 0 Å². The van der Waals surface area contributed by atoms with Crippen LogP contribution in [0, 0.1) is 0 Å². The van der Waals surface area contributed by atoms with Gasteiger partial charge >= 0.3 is 5.69 Å². The molecule has 0 aliphatic rings. The molecular formula is C28H22ClN3O4. The van der Waals surface area contributed by atoms with Gasteiger partial charge in [-0.2, -0.15) is 0 Å². The number of benzene rings is 3. The number of nitrogens with zero attached hydrogens (tertiary/aromatic N) is 2. The topological polar surface area (TPSA) is 86.2 Å². The second-order valence-electron chi connectivity index (χ2n) is 8.35. The minimum absolute atomic E-state index is 0.160. The molecule has 36 heavy (non-hydrogen) atoms. The molecule has 0 radical (unpaired) electrons. The number of hydrogen-bond acceptors (Lipinski definition) is 4. The van der Waals surface area contributed by atoms with E-state index >= 15 is 0 Å². The lowest BCUT2D eigenvalue weighted by molar-refractivity contribution is -0.120. The second-order valence-corrected chi connectivity index (χ2v) is 8.79. The lowest BCUT2D eigenvalue weighted by Gasteiger charge is -2.15. The lowest BCUT2D eigenvalue weighted by atomic mass is 10.1. The Labute approximate surface area is 211 Å². The summed E-state index contributed by atoms with van der Waals surface area (Å²) in [6.07, 6.45) is 1.72. The Morgan fingerprint density at radius 2 is 1.58 bits per heavy atom. The maximum absolute atomic E-state index is 13.6. The van der Waals surface area contributed by atoms with Crippen LogP contribution in [0.3, 0.4) is 0 Å². The van der Waals surface area contributed by atoms with Crippen LogP contribution in [-0.4, -0.2) is 15.0 Å². The van der Waals surface area contributed by atoms with E-state index in [4.69, 9.17) is 16.0 Å². The molecule has 2 heterocycles. The first-order valence-corrected chi connectivity index (χ1v) is 11.7. The largest absolute Gasteiger partial charge is 0.467 e. The molecule has 1 amide bonds. The zero-order valence-electron chi connectivity index (χ0n) is 19.2. The van der Waals surface area contributed by atoms with Gasteiger partial charge in [-0.15, -0.1) is 0 Å². The maximum Gasteiger partial charge on any atom is 0.336 e. The molecule has 0 bridgehead atoms. The van der Waals surface area contributed by atoms with Crippen molar-refractivity contribution >= 4 is 28.4 Å². The third kappa shape index (κ3) is 4.87. The molecule has 0 unspecified atom stereocenters. The average molecular weight is 500 g/mol. The summed E-state index contributed by atoms with van der Waals surface area (Å²) >= 11 is 6.01. The highest BCUT2D eigenvalue weighted by molar-refractivity contribution is 6.30. The average Bonchev–Trinajstić information content (AvgIpc) is 3.41. The Hall–Kier alpha value is -4.36. The van der Waals surface area contributed by atoms with Crippen molar-refractivity contribution in [2.75, 3.05) is 0 Å². The number of rotatable bonds is 7. The van der Waals surface area contributed by atoms with Gasteiger partial charge in [0.1, 0.15) is 5.76 Å². The van der Waals surface area contributed by atoms with E-state index in [9.17, 15) is 14.4 Å². The predicted octanol–water partition coefficient (Wildman–Crippen LogP) is 4.31. The first-order chi connectivity index (χ1) is 17.5. The monoisotopic (exact) mass is 499 g/mol. The quantitative estimate of drug-likeness (QED) is 0.361. The van der Waals surface area contributed by atoms with Gasteiger partial charge < -0.3 is 9.73 Å². The van der Waals surface area contributed by atoms with Crippen molar-refractivity contribution in [3.63, 3.8) is 0 Å². The summed E-state index contributed by atoms with van der Waals surface area (Å²) in [6.45, 7) is 0.592. The molecule has 0 spiro atoms. The molecule has 3 aromatic carbocycles. The van der Waals surface area contributed by atoms with Gasteiger partial charge in [0.2, 0.25) is 5.91 Å². The number of hydrogen-bond donors (Lipinski definition) is 1. The molecule has 2 aromatic heterocycles. The van der Waals surface area contributed by atoms with Gasteiger partial charge in [-0.3, -0.25) is 14.2 Å². The SMILES string of the molecule is O=C(Cc1ccc(-n2c(=O)c3ccccc3n(Cc3ccc(Cl)cc3)c2=O)cc1)NCc1ccco1. The molecule has 5 aromatic rings. The highest BCUT2D eigenvalue weighted by atomic mass is 35.5. The highest BCUT2D eigenvalue weighted by Gasteiger charge is 2.15. The molecule has 5 rings (SSSR count). The van der Waals surface area contributed by atoms with Crippen molar-refractivity contribution in [2.24, 2.45) is 0 Å². The van der Waals surface area contributed by atoms with Crippen molar-refractivity contribution in [1.82, 2.24) is 14.5 Å². The second kappa shape index (κ2) is 10.1. The number of para-hydroxylation sites is 1. The fourth-order valence-corrected chi connectivity index (χ4v) is 4.21. The van der Waals surface area contributed by atoms with E-state index in [1.807, 2.05) is 12.1 Å². The Bertz CT molecular complexity index is 1630. The summed E-state index contributed by atoms with van der Waals surface area (Å²) < 4.78 is 7.96. The Kier molecular flexibility index (Phi) is 6.56. The highest BCUT2D eigenvalue weighted by Crippen LogP contribution is 2.15. The van der Waals surface area contributed by atoms with Crippen molar-refractivity contribution < 1.29 is 9.21 Å². The van der Waals surface area contributed by atoms with E-state index in [0.717, 1.165) is 11.1 Å². The number of nitrogens with one attached hydrogen (secondary N) is 1. The van der Waals surface area contributed by atoms with E-state index < -0.39 is 11.2 Å². The number of carbonyl (C=O) groups excluding carboxylic acids is 1. The molecule has 0 aliphatic carbocycles. The number of amides is 1. The summed E-state index contributed by atoms with van der Waals surface area (Å²) in [5.41, 5.74) is 1.78. The minimum atomic E-state index is -0.447. The minimum Gasteiger partial charge on any atom is -0.467 e. The van der Waals surface area contributed by atoms with Crippen LogP contribution in [0.2, 0.25) is 5.02 Å². The number of fused-ring (bicyclic) bond motifs is 1. The van der Waals surface area contributed by atoms with Crippen molar-refractivity contribution in [2.45, 2.75) is 19.5 Å². The van der Waals surface area contributed by atoms with Crippen LogP contribution < -0.4 is 16.6 Å². The number of carbonyl (C=O) groups is 1. The first-order valence-electron chi connectivity index (χ1n) is 11.4. The molecular weight excluding hydrogens is 478 g/mol. The zero-order chi connectivity index (χ0) is 25.1. The fraction of sp³-hybridized carbons (Fsp3) is 0.107. The fourth-order valence-electron chi connectivity index (χ4n) is 4.08. The first kappa shape index (κ1) is 23.4. The third-order valence-electron chi connectivity index (χ3n) is 5.90. The van der Waals surface area contributed by atoms with Crippen LogP contribution >= 0.6 is 11.6 Å². The zero-order valence-corrected chi connectivity index (χ0v) is 19.9. The van der Waals surface area contributed by atoms with Crippen molar-refractivity contribution in [3.8, 4) is 5.69 Å². The van der Waals surface area contributed by atoms with E-state index in [0.29, 0.717) is 33.9 Å². The smallest absolute Gasteiger partial charge is 0.336 e. The predicted molar refractivity (Wildman–Crippen MR) is 139 cm³/mol. The summed E-state index contributed by atoms with van der Waals surface area (Å²) in [6, 6.07) is 24.7. The molecule has 0 atom stereocenters. The van der Waals surface area contributed by atoms with Gasteiger partial charge in [0.05, 0.1) is 42.4 Å². The summed E-state index contributed by atoms with van der Waals surface area (Å²) in [5.74, 6) is 0.511. The van der Waals surface area contributed by atoms with Crippen LogP contribution in [0.25, 0.3) is 16.6 Å². The van der Waals surface area contributed by atoms with Gasteiger partial charge in [-0.25, -0.2) is 9.36 Å². The Morgan fingerprint density at radius 1 is 0.861 bits per heavy atom. The lowest BCUT2D eigenvalue weighted by Crippen LogP contribution is -2.39. The van der Waals surface area contributed by atoms with Crippen LogP contribution in [0.15, 0.2) is 105 Å². The molecule has 0 fully saturated rings. The van der Waals surface area contributed by atoms with E-state index in [1.54, 1.807) is 83.6 Å². The number of aromatic nitrogens is 2. The number of halogens is 1. The third-order valence-corrected chi connectivity index (χ3v) is 6.16. The van der Waals surface area contributed by atoms with Crippen molar-refractivity contribution in [3.05, 3.63) is 134 Å². The number of furan rings is 1. The van der Waals surface area contributed by atoms with Crippen LogP contribution in [-0.2, 0) is 24.3 Å². The molecule has 0 aliphatic heterocycles. The van der Waals surface area contributed by atoms with Gasteiger partial charge in [-0.05, 0) is 59.7 Å². The van der Waals surface area contributed by atoms with Gasteiger partial charge in [0.25, 0.3) is 5.56 Å². The van der Waals surface area contributed by atoms with E-state index in [2.05, 4.69) is 5.32 Å². The van der Waals surface area contributed by atoms with Crippen LogP contribution in [0.5, 0.6) is 0 Å². The molecule has 0 saturated heterocycles. The normalized spacial score (nSPS) is 11.0.